The lowest BCUT2D eigenvalue weighted by Gasteiger charge is -2.31. The van der Waals surface area contributed by atoms with Crippen LogP contribution in [0.1, 0.15) is 68.3 Å². The molecule has 1 aliphatic heterocycles. The van der Waals surface area contributed by atoms with Gasteiger partial charge in [0.2, 0.25) is 0 Å². The Bertz CT molecular complexity index is 1150. The summed E-state index contributed by atoms with van der Waals surface area (Å²) in [6.07, 6.45) is 6.74. The Morgan fingerprint density at radius 3 is 2.85 bits per heavy atom. The predicted molar refractivity (Wildman–Crippen MR) is 134 cm³/mol. The summed E-state index contributed by atoms with van der Waals surface area (Å²) >= 11 is 0. The van der Waals surface area contributed by atoms with Gasteiger partial charge in [0.05, 0.1) is 11.7 Å². The first-order chi connectivity index (χ1) is 15.8. The van der Waals surface area contributed by atoms with Gasteiger partial charge >= 0.3 is 0 Å². The lowest BCUT2D eigenvalue weighted by atomic mass is 9.90. The molecule has 0 spiro atoms. The summed E-state index contributed by atoms with van der Waals surface area (Å²) in [6.45, 7) is 8.86. The van der Waals surface area contributed by atoms with E-state index in [1.807, 2.05) is 12.3 Å². The van der Waals surface area contributed by atoms with E-state index in [1.54, 1.807) is 0 Å². The maximum absolute atomic E-state index is 13.3. The number of amides is 1. The van der Waals surface area contributed by atoms with Crippen LogP contribution in [0.5, 0.6) is 0 Å². The quantitative estimate of drug-likeness (QED) is 0.686. The molecule has 1 aliphatic carbocycles. The zero-order valence-corrected chi connectivity index (χ0v) is 20.9. The zero-order chi connectivity index (χ0) is 23.6. The fourth-order valence-corrected chi connectivity index (χ4v) is 6.60. The molecule has 1 amide bonds. The number of likely N-dealkylation sites (tertiary alicyclic amines) is 1. The molecule has 2 atom stereocenters. The van der Waals surface area contributed by atoms with Gasteiger partial charge < -0.3 is 4.90 Å². The van der Waals surface area contributed by atoms with Crippen LogP contribution < -0.4 is 5.14 Å². The van der Waals surface area contributed by atoms with E-state index in [1.165, 1.54) is 11.1 Å². The van der Waals surface area contributed by atoms with Crippen molar-refractivity contribution in [2.75, 3.05) is 19.6 Å². The SMILES string of the molecule is CCN1CCCC(S(N)(=O)=NC(=O)Cc2c(-c3ccnc(C(C)C)c3)ccc3c2CCC3)C1. The van der Waals surface area contributed by atoms with Gasteiger partial charge in [-0.1, -0.05) is 32.9 Å². The van der Waals surface area contributed by atoms with Crippen LogP contribution in [-0.4, -0.2) is 44.9 Å². The van der Waals surface area contributed by atoms with Crippen molar-refractivity contribution in [3.05, 3.63) is 52.8 Å². The van der Waals surface area contributed by atoms with E-state index in [-0.39, 0.29) is 17.6 Å². The fraction of sp³-hybridized carbons (Fsp3) is 0.538. The molecule has 2 aromatic rings. The van der Waals surface area contributed by atoms with Crippen molar-refractivity contribution < 1.29 is 9.00 Å². The number of rotatable bonds is 6. The van der Waals surface area contributed by atoms with Crippen LogP contribution in [0.3, 0.4) is 0 Å². The number of nitrogens with zero attached hydrogens (tertiary/aromatic N) is 3. The third-order valence-electron chi connectivity index (χ3n) is 7.04. The summed E-state index contributed by atoms with van der Waals surface area (Å²) in [4.78, 5) is 19.9. The van der Waals surface area contributed by atoms with Crippen LogP contribution in [-0.2, 0) is 34.0 Å². The minimum absolute atomic E-state index is 0.135. The molecule has 1 aromatic heterocycles. The second-order valence-electron chi connectivity index (χ2n) is 9.64. The summed E-state index contributed by atoms with van der Waals surface area (Å²) in [5, 5.41) is 5.92. The maximum atomic E-state index is 13.3. The lowest BCUT2D eigenvalue weighted by molar-refractivity contribution is -0.117. The molecule has 2 unspecified atom stereocenters. The molecule has 2 N–H and O–H groups in total. The maximum Gasteiger partial charge on any atom is 0.259 e. The van der Waals surface area contributed by atoms with E-state index in [4.69, 9.17) is 5.14 Å². The minimum Gasteiger partial charge on any atom is -0.302 e. The van der Waals surface area contributed by atoms with E-state index in [0.717, 1.165) is 67.6 Å². The van der Waals surface area contributed by atoms with Gasteiger partial charge in [-0.15, -0.1) is 4.36 Å². The summed E-state index contributed by atoms with van der Waals surface area (Å²) in [5.41, 5.74) is 6.69. The van der Waals surface area contributed by atoms with Crippen molar-refractivity contribution in [1.82, 2.24) is 9.88 Å². The fourth-order valence-electron chi connectivity index (χ4n) is 5.14. The molecule has 4 rings (SSSR count). The number of aromatic nitrogens is 1. The molecule has 1 saturated heterocycles. The van der Waals surface area contributed by atoms with E-state index in [2.05, 4.69) is 53.2 Å². The normalized spacial score (nSPS) is 20.5. The number of benzene rings is 1. The minimum atomic E-state index is -3.08. The van der Waals surface area contributed by atoms with Crippen molar-refractivity contribution in [2.24, 2.45) is 9.50 Å². The van der Waals surface area contributed by atoms with Gasteiger partial charge in [-0.05, 0) is 91.1 Å². The zero-order valence-electron chi connectivity index (χ0n) is 20.0. The molecular formula is C26H36N4O2S. The smallest absolute Gasteiger partial charge is 0.259 e. The third kappa shape index (κ3) is 5.36. The number of piperidine rings is 1. The Kier molecular flexibility index (Phi) is 7.31. The molecular weight excluding hydrogens is 432 g/mol. The first-order valence-electron chi connectivity index (χ1n) is 12.2. The van der Waals surface area contributed by atoms with Gasteiger partial charge in [-0.3, -0.25) is 9.78 Å². The Balaban J connectivity index is 1.67. The molecule has 33 heavy (non-hydrogen) atoms. The van der Waals surface area contributed by atoms with E-state index in [0.29, 0.717) is 12.5 Å². The number of fused-ring (bicyclic) bond motifs is 1. The van der Waals surface area contributed by atoms with Crippen molar-refractivity contribution in [1.29, 1.82) is 0 Å². The van der Waals surface area contributed by atoms with Crippen LogP contribution >= 0.6 is 0 Å². The van der Waals surface area contributed by atoms with Gasteiger partial charge in [0.15, 0.2) is 0 Å². The first-order valence-corrected chi connectivity index (χ1v) is 13.8. The highest BCUT2D eigenvalue weighted by Gasteiger charge is 2.28. The van der Waals surface area contributed by atoms with E-state index in [9.17, 15) is 9.00 Å². The second-order valence-corrected chi connectivity index (χ2v) is 11.7. The van der Waals surface area contributed by atoms with Crippen molar-refractivity contribution in [3.8, 4) is 11.1 Å². The summed E-state index contributed by atoms with van der Waals surface area (Å²) in [7, 11) is -3.08. The number of hydrogen-bond donors (Lipinski definition) is 1. The molecule has 0 radical (unpaired) electrons. The first kappa shape index (κ1) is 24.0. The molecule has 7 heteroatoms. The average molecular weight is 469 g/mol. The van der Waals surface area contributed by atoms with Gasteiger partial charge in [-0.25, -0.2) is 9.35 Å². The number of aryl methyl sites for hydroxylation is 1. The van der Waals surface area contributed by atoms with E-state index >= 15 is 0 Å². The molecule has 1 fully saturated rings. The topological polar surface area (TPSA) is 88.6 Å². The molecule has 1 aromatic carbocycles. The number of carbonyl (C=O) groups is 1. The standard InChI is InChI=1S/C26H36N4O2S/c1-4-30-14-6-8-21(17-30)33(27,32)29-26(31)16-24-22-9-5-7-19(22)10-11-23(24)20-12-13-28-25(15-20)18(2)3/h10-13,15,18,21H,4-9,14,16-17H2,1-3H3,(H2,27,29,31,32). The van der Waals surface area contributed by atoms with Crippen LogP contribution in [0.2, 0.25) is 0 Å². The Morgan fingerprint density at radius 2 is 2.09 bits per heavy atom. The Morgan fingerprint density at radius 1 is 1.27 bits per heavy atom. The van der Waals surface area contributed by atoms with E-state index < -0.39 is 9.92 Å². The van der Waals surface area contributed by atoms with Crippen molar-refractivity contribution >= 4 is 15.8 Å². The molecule has 2 aliphatic rings. The highest BCUT2D eigenvalue weighted by atomic mass is 32.2. The van der Waals surface area contributed by atoms with Crippen LogP contribution in [0.15, 0.2) is 34.8 Å². The largest absolute Gasteiger partial charge is 0.302 e. The van der Waals surface area contributed by atoms with Crippen LogP contribution in [0.4, 0.5) is 0 Å². The van der Waals surface area contributed by atoms with Crippen molar-refractivity contribution in [3.63, 3.8) is 0 Å². The van der Waals surface area contributed by atoms with Gasteiger partial charge in [0, 0.05) is 18.4 Å². The summed E-state index contributed by atoms with van der Waals surface area (Å²) < 4.78 is 17.4. The monoisotopic (exact) mass is 468 g/mol. The Hall–Kier alpha value is -2.09. The summed E-state index contributed by atoms with van der Waals surface area (Å²) in [5.74, 6) is -0.0598. The number of carbonyl (C=O) groups excluding carboxylic acids is 1. The highest BCUT2D eigenvalue weighted by molar-refractivity contribution is 7.92. The van der Waals surface area contributed by atoms with Crippen LogP contribution in [0, 0.1) is 0 Å². The molecule has 2 heterocycles. The lowest BCUT2D eigenvalue weighted by Crippen LogP contribution is -2.44. The average Bonchev–Trinajstić information content (AvgIpc) is 3.28. The summed E-state index contributed by atoms with van der Waals surface area (Å²) in [6, 6.07) is 8.42. The molecule has 0 bridgehead atoms. The van der Waals surface area contributed by atoms with Gasteiger partial charge in [0.1, 0.15) is 9.92 Å². The highest BCUT2D eigenvalue weighted by Crippen LogP contribution is 2.34. The predicted octanol–water partition coefficient (Wildman–Crippen LogP) is 4.26. The number of pyridine rings is 1. The Labute approximate surface area is 198 Å². The molecule has 0 saturated carbocycles. The second kappa shape index (κ2) is 10.0. The van der Waals surface area contributed by atoms with Crippen LogP contribution in [0.25, 0.3) is 11.1 Å². The number of hydrogen-bond acceptors (Lipinski definition) is 4. The third-order valence-corrected chi connectivity index (χ3v) is 8.87. The molecule has 178 valence electrons. The molecule has 6 nitrogen and oxygen atoms in total. The van der Waals surface area contributed by atoms with Crippen molar-refractivity contribution in [2.45, 2.75) is 70.5 Å². The van der Waals surface area contributed by atoms with Gasteiger partial charge in [0.25, 0.3) is 5.91 Å². The van der Waals surface area contributed by atoms with Gasteiger partial charge in [-0.2, -0.15) is 0 Å². The number of nitrogens with two attached hydrogens (primary N) is 1.